The van der Waals surface area contributed by atoms with Gasteiger partial charge in [-0.15, -0.1) is 0 Å². The summed E-state index contributed by atoms with van der Waals surface area (Å²) >= 11 is 0. The molecule has 0 bridgehead atoms. The zero-order chi connectivity index (χ0) is 27.4. The zero-order valence-corrected chi connectivity index (χ0v) is 22.9. The van der Waals surface area contributed by atoms with E-state index in [1.165, 1.54) is 48.5 Å². The predicted molar refractivity (Wildman–Crippen MR) is 143 cm³/mol. The largest absolute Gasteiger partial charge is 0.350 e. The molecule has 0 saturated carbocycles. The van der Waals surface area contributed by atoms with Gasteiger partial charge in [-0.1, -0.05) is 47.5 Å². The Morgan fingerprint density at radius 3 is 1.41 bits per heavy atom. The summed E-state index contributed by atoms with van der Waals surface area (Å²) in [6.45, 7) is 7.29. The third-order valence-corrected chi connectivity index (χ3v) is 9.49. The van der Waals surface area contributed by atoms with Gasteiger partial charge >= 0.3 is 0 Å². The van der Waals surface area contributed by atoms with Gasteiger partial charge < -0.3 is 5.32 Å². The van der Waals surface area contributed by atoms with E-state index in [9.17, 15) is 26.4 Å². The Balaban J connectivity index is 1.96. The van der Waals surface area contributed by atoms with Crippen LogP contribution < -0.4 is 5.32 Å². The number of nitrogens with one attached hydrogen (secondary N) is 1. The third-order valence-electron chi connectivity index (χ3n) is 5.82. The molecule has 3 rings (SSSR count). The smallest absolute Gasteiger partial charge is 0.251 e. The van der Waals surface area contributed by atoms with Gasteiger partial charge in [-0.3, -0.25) is 9.59 Å². The summed E-state index contributed by atoms with van der Waals surface area (Å²) in [5.74, 6) is -3.63. The first kappa shape index (κ1) is 28.3. The average molecular weight is 542 g/mol. The molecule has 7 nitrogen and oxygen atoms in total. The lowest BCUT2D eigenvalue weighted by Crippen LogP contribution is -2.31. The number of hydrogen-bond acceptors (Lipinski definition) is 6. The molecule has 0 unspecified atom stereocenters. The number of amides is 1. The van der Waals surface area contributed by atoms with Gasteiger partial charge in [0.25, 0.3) is 5.91 Å². The van der Waals surface area contributed by atoms with Gasteiger partial charge in [0.15, 0.2) is 25.5 Å². The van der Waals surface area contributed by atoms with E-state index < -0.39 is 42.9 Å². The van der Waals surface area contributed by atoms with E-state index in [4.69, 9.17) is 0 Å². The van der Waals surface area contributed by atoms with E-state index >= 15 is 0 Å². The normalized spacial score (nSPS) is 12.1. The molecule has 0 spiro atoms. The molecule has 0 aromatic heterocycles. The molecule has 0 atom stereocenters. The number of Topliss-reactive ketones (excluding diaryl/α,β-unsaturated/α-hetero) is 1. The zero-order valence-electron chi connectivity index (χ0n) is 21.3. The Morgan fingerprint density at radius 2 is 1.03 bits per heavy atom. The van der Waals surface area contributed by atoms with E-state index in [-0.39, 0.29) is 27.3 Å². The molecule has 0 aliphatic heterocycles. The fourth-order valence-electron chi connectivity index (χ4n) is 3.78. The van der Waals surface area contributed by atoms with Crippen LogP contribution in [0.4, 0.5) is 0 Å². The van der Waals surface area contributed by atoms with Crippen LogP contribution in [0.3, 0.4) is 0 Å². The van der Waals surface area contributed by atoms with Crippen LogP contribution in [0.1, 0.15) is 45.7 Å². The quantitative estimate of drug-likeness (QED) is 0.385. The van der Waals surface area contributed by atoms with Crippen LogP contribution in [0.5, 0.6) is 0 Å². The van der Waals surface area contributed by atoms with Crippen LogP contribution in [0, 0.1) is 19.8 Å². The van der Waals surface area contributed by atoms with E-state index in [2.05, 4.69) is 5.32 Å². The van der Waals surface area contributed by atoms with Crippen LogP contribution in [-0.2, 0) is 19.7 Å². The van der Waals surface area contributed by atoms with Crippen molar-refractivity contribution in [2.24, 2.45) is 5.92 Å². The molecule has 0 saturated heterocycles. The molecule has 0 fully saturated rings. The molecule has 0 aliphatic carbocycles. The van der Waals surface area contributed by atoms with Crippen molar-refractivity contribution in [3.8, 4) is 0 Å². The SMILES string of the molecule is Cc1ccc(S(=O)(=O)CC(CS(=O)(=O)c2ccc(C)cc2)C(=O)c2ccc(C(=O)NC(C)C)cc2)cc1. The molecule has 3 aromatic carbocycles. The highest BCUT2D eigenvalue weighted by Crippen LogP contribution is 2.23. The van der Waals surface area contributed by atoms with Gasteiger partial charge in [0.1, 0.15) is 0 Å². The summed E-state index contributed by atoms with van der Waals surface area (Å²) in [6.07, 6.45) is 0. The van der Waals surface area contributed by atoms with Crippen LogP contribution in [0.25, 0.3) is 0 Å². The van der Waals surface area contributed by atoms with Crippen molar-refractivity contribution in [3.63, 3.8) is 0 Å². The molecule has 0 heterocycles. The lowest BCUT2D eigenvalue weighted by molar-refractivity contribution is 0.0931. The van der Waals surface area contributed by atoms with Gasteiger partial charge in [-0.05, 0) is 64.1 Å². The lowest BCUT2D eigenvalue weighted by atomic mass is 9.99. The standard InChI is InChI=1S/C28H31NO6S2/c1-19(2)29-28(31)23-11-9-22(10-12-23)27(30)24(17-36(32,33)25-13-5-20(3)6-14-25)18-37(34,35)26-15-7-21(4)8-16-26/h5-16,19,24H,17-18H2,1-4H3,(H,29,31). The number of benzene rings is 3. The van der Waals surface area contributed by atoms with E-state index in [1.54, 1.807) is 24.3 Å². The molecule has 1 amide bonds. The Labute approximate surface area is 218 Å². The summed E-state index contributed by atoms with van der Waals surface area (Å²) < 4.78 is 52.8. The molecule has 0 aliphatic rings. The Hall–Kier alpha value is -3.30. The summed E-state index contributed by atoms with van der Waals surface area (Å²) in [7, 11) is -7.95. The van der Waals surface area contributed by atoms with Crippen molar-refractivity contribution in [3.05, 3.63) is 95.1 Å². The van der Waals surface area contributed by atoms with Gasteiger partial charge in [0, 0.05) is 17.2 Å². The van der Waals surface area contributed by atoms with Crippen molar-refractivity contribution < 1.29 is 26.4 Å². The van der Waals surface area contributed by atoms with Crippen LogP contribution in [0.2, 0.25) is 0 Å². The van der Waals surface area contributed by atoms with Crippen molar-refractivity contribution in [1.29, 1.82) is 0 Å². The number of ketones is 1. The summed E-state index contributed by atoms with van der Waals surface area (Å²) in [5, 5.41) is 2.75. The molecule has 9 heteroatoms. The summed E-state index contributed by atoms with van der Waals surface area (Å²) in [4.78, 5) is 25.8. The highest BCUT2D eigenvalue weighted by molar-refractivity contribution is 7.92. The van der Waals surface area contributed by atoms with E-state index in [1.807, 2.05) is 27.7 Å². The highest BCUT2D eigenvalue weighted by Gasteiger charge is 2.32. The molecular weight excluding hydrogens is 510 g/mol. The van der Waals surface area contributed by atoms with E-state index in [0.717, 1.165) is 11.1 Å². The fraction of sp³-hybridized carbons (Fsp3) is 0.286. The second kappa shape index (κ2) is 11.4. The maximum absolute atomic E-state index is 13.5. The number of carbonyl (C=O) groups is 2. The van der Waals surface area contributed by atoms with Crippen LogP contribution in [-0.4, -0.2) is 46.1 Å². The van der Waals surface area contributed by atoms with Gasteiger partial charge in [-0.25, -0.2) is 16.8 Å². The minimum Gasteiger partial charge on any atom is -0.350 e. The number of sulfone groups is 2. The van der Waals surface area contributed by atoms with Crippen LogP contribution >= 0.6 is 0 Å². The maximum Gasteiger partial charge on any atom is 0.251 e. The van der Waals surface area contributed by atoms with Crippen molar-refractivity contribution >= 4 is 31.4 Å². The second-order valence-electron chi connectivity index (χ2n) is 9.46. The molecule has 196 valence electrons. The van der Waals surface area contributed by atoms with E-state index in [0.29, 0.717) is 5.56 Å². The number of rotatable bonds is 10. The van der Waals surface area contributed by atoms with Gasteiger partial charge in [0.05, 0.1) is 27.2 Å². The molecule has 0 radical (unpaired) electrons. The molecule has 1 N–H and O–H groups in total. The Bertz CT molecular complexity index is 1400. The predicted octanol–water partition coefficient (Wildman–Crippen LogP) is 4.19. The van der Waals surface area contributed by atoms with Crippen LogP contribution in [0.15, 0.2) is 82.6 Å². The van der Waals surface area contributed by atoms with Gasteiger partial charge in [0.2, 0.25) is 0 Å². The number of aryl methyl sites for hydroxylation is 2. The first-order valence-corrected chi connectivity index (χ1v) is 15.1. The monoisotopic (exact) mass is 541 g/mol. The Morgan fingerprint density at radius 1 is 0.649 bits per heavy atom. The second-order valence-corrected chi connectivity index (χ2v) is 13.5. The number of hydrogen-bond donors (Lipinski definition) is 1. The van der Waals surface area contributed by atoms with Gasteiger partial charge in [-0.2, -0.15) is 0 Å². The maximum atomic E-state index is 13.5. The molecular formula is C28H31NO6S2. The third kappa shape index (κ3) is 7.36. The molecule has 3 aromatic rings. The molecule has 37 heavy (non-hydrogen) atoms. The first-order valence-electron chi connectivity index (χ1n) is 11.8. The lowest BCUT2D eigenvalue weighted by Gasteiger charge is -2.17. The summed E-state index contributed by atoms with van der Waals surface area (Å²) in [6, 6.07) is 18.1. The highest BCUT2D eigenvalue weighted by atomic mass is 32.2. The average Bonchev–Trinajstić information content (AvgIpc) is 2.83. The number of carbonyl (C=O) groups excluding carboxylic acids is 2. The minimum absolute atomic E-state index is 0.0179. The van der Waals surface area contributed by atoms with Crippen molar-refractivity contribution in [2.75, 3.05) is 11.5 Å². The fourth-order valence-corrected chi connectivity index (χ4v) is 7.01. The van der Waals surface area contributed by atoms with Crippen molar-refractivity contribution in [1.82, 2.24) is 5.32 Å². The topological polar surface area (TPSA) is 114 Å². The van der Waals surface area contributed by atoms with Crippen molar-refractivity contribution in [2.45, 2.75) is 43.5 Å². The Kier molecular flexibility index (Phi) is 8.71. The minimum atomic E-state index is -3.98. The summed E-state index contributed by atoms with van der Waals surface area (Å²) in [5.41, 5.74) is 2.20. The first-order chi connectivity index (χ1) is 17.3.